The molecule has 0 aliphatic carbocycles. The highest BCUT2D eigenvalue weighted by Crippen LogP contribution is 2.34. The summed E-state index contributed by atoms with van der Waals surface area (Å²) in [6.07, 6.45) is 7.62. The average Bonchev–Trinajstić information content (AvgIpc) is 3.31. The summed E-state index contributed by atoms with van der Waals surface area (Å²) in [5, 5.41) is 1.21. The molecule has 2 saturated heterocycles. The fourth-order valence-corrected chi connectivity index (χ4v) is 4.91. The molecule has 4 heterocycles. The van der Waals surface area contributed by atoms with Crippen LogP contribution in [0.5, 0.6) is 0 Å². The highest BCUT2D eigenvalue weighted by atomic mass is 32.2. The number of carbonyl (C=O) groups excluding carboxylic acids is 2. The number of benzene rings is 1. The summed E-state index contributed by atoms with van der Waals surface area (Å²) >= 11 is 1.01. The third kappa shape index (κ3) is 3.58. The van der Waals surface area contributed by atoms with E-state index in [2.05, 4.69) is 50.3 Å². The summed E-state index contributed by atoms with van der Waals surface area (Å²) in [5.74, 6) is 1.07. The van der Waals surface area contributed by atoms with Gasteiger partial charge in [0.05, 0.1) is 17.0 Å². The highest BCUT2D eigenvalue weighted by molar-refractivity contribution is 8.18. The zero-order valence-electron chi connectivity index (χ0n) is 15.8. The van der Waals surface area contributed by atoms with Gasteiger partial charge in [-0.1, -0.05) is 18.2 Å². The molecule has 0 spiro atoms. The van der Waals surface area contributed by atoms with Gasteiger partial charge in [-0.15, -0.1) is 0 Å². The largest absolute Gasteiger partial charge is 0.361 e. The van der Waals surface area contributed by atoms with Crippen LogP contribution in [0.1, 0.15) is 36.4 Å². The molecule has 29 heavy (non-hydrogen) atoms. The molecular formula is C22H20N4O2S. The lowest BCUT2D eigenvalue weighted by atomic mass is 9.89. The van der Waals surface area contributed by atoms with E-state index in [0.29, 0.717) is 22.5 Å². The average molecular weight is 404 g/mol. The first-order chi connectivity index (χ1) is 14.2. The SMILES string of the molecule is O=C1CC(=O)/C(=C/c2ccnc(N3CCC(c4c[nH]c5ccccc45)CC3)n2)S1. The molecule has 0 radical (unpaired) electrons. The fraction of sp³-hybridized carbons (Fsp3) is 0.273. The normalized spacial score (nSPS) is 19.6. The fourth-order valence-electron chi connectivity index (χ4n) is 4.09. The van der Waals surface area contributed by atoms with Gasteiger partial charge in [0.15, 0.2) is 5.78 Å². The number of fused-ring (bicyclic) bond motifs is 1. The minimum atomic E-state index is -0.125. The zero-order valence-corrected chi connectivity index (χ0v) is 16.6. The minimum Gasteiger partial charge on any atom is -0.361 e. The smallest absolute Gasteiger partial charge is 0.225 e. The summed E-state index contributed by atoms with van der Waals surface area (Å²) < 4.78 is 0. The maximum absolute atomic E-state index is 11.9. The van der Waals surface area contributed by atoms with Gasteiger partial charge in [0, 0.05) is 36.4 Å². The predicted molar refractivity (Wildman–Crippen MR) is 115 cm³/mol. The van der Waals surface area contributed by atoms with Gasteiger partial charge in [-0.2, -0.15) is 0 Å². The van der Waals surface area contributed by atoms with Crippen LogP contribution in [-0.4, -0.2) is 38.9 Å². The number of Topliss-reactive ketones (excluding diaryl/α,β-unsaturated/α-hetero) is 1. The number of piperidine rings is 1. The second-order valence-corrected chi connectivity index (χ2v) is 8.51. The van der Waals surface area contributed by atoms with E-state index < -0.39 is 0 Å². The predicted octanol–water partition coefficient (Wildman–Crippen LogP) is 3.92. The Balaban J connectivity index is 1.30. The molecule has 0 unspecified atom stereocenters. The van der Waals surface area contributed by atoms with Crippen LogP contribution in [0.25, 0.3) is 17.0 Å². The second-order valence-electron chi connectivity index (χ2n) is 7.42. The lowest BCUT2D eigenvalue weighted by Crippen LogP contribution is -2.34. The number of hydrogen-bond acceptors (Lipinski definition) is 6. The molecule has 0 bridgehead atoms. The van der Waals surface area contributed by atoms with Gasteiger partial charge in [-0.3, -0.25) is 9.59 Å². The third-order valence-corrected chi connectivity index (χ3v) is 6.52. The van der Waals surface area contributed by atoms with Crippen molar-refractivity contribution in [1.82, 2.24) is 15.0 Å². The molecule has 2 aliphatic rings. The second kappa shape index (κ2) is 7.48. The third-order valence-electron chi connectivity index (χ3n) is 5.59. The Morgan fingerprint density at radius 2 is 1.97 bits per heavy atom. The summed E-state index contributed by atoms with van der Waals surface area (Å²) in [7, 11) is 0. The number of H-pyrrole nitrogens is 1. The molecule has 0 atom stereocenters. The summed E-state index contributed by atoms with van der Waals surface area (Å²) in [6.45, 7) is 1.77. The van der Waals surface area contributed by atoms with Crippen LogP contribution in [0, 0.1) is 0 Å². The van der Waals surface area contributed by atoms with E-state index in [-0.39, 0.29) is 17.3 Å². The van der Waals surface area contributed by atoms with Gasteiger partial charge in [-0.05, 0) is 54.3 Å². The summed E-state index contributed by atoms with van der Waals surface area (Å²) in [6, 6.07) is 10.2. The Morgan fingerprint density at radius 3 is 2.76 bits per heavy atom. The van der Waals surface area contributed by atoms with Crippen LogP contribution in [0.2, 0.25) is 0 Å². The molecule has 3 aromatic rings. The number of allylic oxidation sites excluding steroid dienone is 1. The van der Waals surface area contributed by atoms with Crippen LogP contribution in [0.3, 0.4) is 0 Å². The molecular weight excluding hydrogens is 384 g/mol. The van der Waals surface area contributed by atoms with E-state index >= 15 is 0 Å². The standard InChI is InChI=1S/C22H20N4O2S/c27-19-12-21(28)29-20(19)11-15-5-8-23-22(25-15)26-9-6-14(7-10-26)17-13-24-18-4-2-1-3-16(17)18/h1-5,8,11,13-14,24H,6-7,9-10,12H2/b20-11-. The number of hydrogen-bond donors (Lipinski definition) is 1. The van der Waals surface area contributed by atoms with E-state index in [4.69, 9.17) is 0 Å². The number of nitrogens with zero attached hydrogens (tertiary/aromatic N) is 3. The van der Waals surface area contributed by atoms with E-state index in [1.165, 1.54) is 16.5 Å². The molecule has 2 fully saturated rings. The molecule has 2 aromatic heterocycles. The van der Waals surface area contributed by atoms with Crippen molar-refractivity contribution >= 4 is 45.6 Å². The maximum atomic E-state index is 11.9. The molecule has 146 valence electrons. The van der Waals surface area contributed by atoms with Gasteiger partial charge >= 0.3 is 0 Å². The summed E-state index contributed by atoms with van der Waals surface area (Å²) in [5.41, 5.74) is 3.24. The van der Waals surface area contributed by atoms with Crippen molar-refractivity contribution in [3.05, 3.63) is 58.9 Å². The molecule has 0 saturated carbocycles. The number of ketones is 1. The molecule has 6 nitrogen and oxygen atoms in total. The number of carbonyl (C=O) groups is 2. The highest BCUT2D eigenvalue weighted by Gasteiger charge is 2.27. The number of para-hydroxylation sites is 1. The van der Waals surface area contributed by atoms with Crippen LogP contribution in [0.15, 0.2) is 47.6 Å². The van der Waals surface area contributed by atoms with E-state index in [1.54, 1.807) is 18.3 Å². The van der Waals surface area contributed by atoms with Crippen LogP contribution >= 0.6 is 11.8 Å². The summed E-state index contributed by atoms with van der Waals surface area (Å²) in [4.78, 5) is 38.4. The quantitative estimate of drug-likeness (QED) is 0.527. The first-order valence-corrected chi connectivity index (χ1v) is 10.6. The Hall–Kier alpha value is -2.93. The number of aromatic nitrogens is 3. The lowest BCUT2D eigenvalue weighted by molar-refractivity contribution is -0.119. The van der Waals surface area contributed by atoms with Gasteiger partial charge in [-0.25, -0.2) is 9.97 Å². The van der Waals surface area contributed by atoms with Crippen LogP contribution < -0.4 is 4.90 Å². The van der Waals surface area contributed by atoms with Gasteiger partial charge in [0.2, 0.25) is 11.1 Å². The van der Waals surface area contributed by atoms with Gasteiger partial charge in [0.25, 0.3) is 0 Å². The van der Waals surface area contributed by atoms with E-state index in [0.717, 1.165) is 37.7 Å². The number of nitrogens with one attached hydrogen (secondary N) is 1. The number of rotatable bonds is 3. The van der Waals surface area contributed by atoms with Crippen molar-refractivity contribution in [3.63, 3.8) is 0 Å². The van der Waals surface area contributed by atoms with Gasteiger partial charge < -0.3 is 9.88 Å². The molecule has 1 aromatic carbocycles. The first-order valence-electron chi connectivity index (χ1n) is 9.77. The van der Waals surface area contributed by atoms with Crippen molar-refractivity contribution < 1.29 is 9.59 Å². The molecule has 7 heteroatoms. The van der Waals surface area contributed by atoms with Gasteiger partial charge in [0.1, 0.15) is 0 Å². The van der Waals surface area contributed by atoms with E-state index in [1.807, 2.05) is 0 Å². The molecule has 5 rings (SSSR count). The Labute approximate surface area is 172 Å². The maximum Gasteiger partial charge on any atom is 0.225 e. The topological polar surface area (TPSA) is 79.0 Å². The molecule has 2 aliphatic heterocycles. The van der Waals surface area contributed by atoms with Crippen LogP contribution in [-0.2, 0) is 9.59 Å². The molecule has 0 amide bonds. The van der Waals surface area contributed by atoms with Crippen molar-refractivity contribution in [2.24, 2.45) is 0 Å². The number of aromatic amines is 1. The number of anilines is 1. The Bertz CT molecular complexity index is 1130. The molecule has 1 N–H and O–H groups in total. The zero-order chi connectivity index (χ0) is 19.8. The van der Waals surface area contributed by atoms with Crippen molar-refractivity contribution in [3.8, 4) is 0 Å². The Morgan fingerprint density at radius 1 is 1.14 bits per heavy atom. The van der Waals surface area contributed by atoms with E-state index in [9.17, 15) is 9.59 Å². The number of thioether (sulfide) groups is 1. The monoisotopic (exact) mass is 404 g/mol. The first kappa shape index (κ1) is 18.1. The van der Waals surface area contributed by atoms with Crippen molar-refractivity contribution in [1.29, 1.82) is 0 Å². The van der Waals surface area contributed by atoms with Crippen molar-refractivity contribution in [2.45, 2.75) is 25.2 Å². The minimum absolute atomic E-state index is 0.0181. The lowest BCUT2D eigenvalue weighted by Gasteiger charge is -2.32. The Kier molecular flexibility index (Phi) is 4.67. The van der Waals surface area contributed by atoms with Crippen molar-refractivity contribution in [2.75, 3.05) is 18.0 Å². The van der Waals surface area contributed by atoms with Crippen LogP contribution in [0.4, 0.5) is 5.95 Å².